The number of esters is 4. The van der Waals surface area contributed by atoms with Crippen molar-refractivity contribution < 1.29 is 62.1 Å². The lowest BCUT2D eigenvalue weighted by molar-refractivity contribution is -0.153. The number of carbonyl (C=O) groups excluding carboxylic acids is 9. The second kappa shape index (κ2) is 29.6. The van der Waals surface area contributed by atoms with Crippen LogP contribution in [0, 0.1) is 0 Å². The van der Waals surface area contributed by atoms with Gasteiger partial charge in [-0.2, -0.15) is 0 Å². The minimum absolute atomic E-state index is 0.0463. The van der Waals surface area contributed by atoms with Crippen molar-refractivity contribution in [2.45, 2.75) is 40.5 Å². The van der Waals surface area contributed by atoms with Crippen LogP contribution >= 0.6 is 0 Å². The van der Waals surface area contributed by atoms with Gasteiger partial charge in [-0.25, -0.2) is 29.1 Å². The maximum Gasteiger partial charge on any atom is 0.374 e. The first-order valence-corrected chi connectivity index (χ1v) is 29.4. The van der Waals surface area contributed by atoms with E-state index in [-0.39, 0.29) is 99.1 Å². The summed E-state index contributed by atoms with van der Waals surface area (Å²) >= 11 is 0. The van der Waals surface area contributed by atoms with Gasteiger partial charge in [0.1, 0.15) is 19.8 Å². The maximum atomic E-state index is 13.5. The van der Waals surface area contributed by atoms with Crippen LogP contribution in [-0.4, -0.2) is 119 Å². The topological polar surface area (TPSA) is 284 Å². The highest BCUT2D eigenvalue weighted by Gasteiger charge is 2.22. The van der Waals surface area contributed by atoms with Gasteiger partial charge in [0.2, 0.25) is 5.78 Å². The van der Waals surface area contributed by atoms with Gasteiger partial charge in [0.15, 0.2) is 5.78 Å². The second-order valence-corrected chi connectivity index (χ2v) is 21.5. The third kappa shape index (κ3) is 15.8. The van der Waals surface area contributed by atoms with Crippen molar-refractivity contribution in [2.75, 3.05) is 46.1 Å². The number of hydrogen-bond acceptors (Lipinski definition) is 15. The second-order valence-electron chi connectivity index (χ2n) is 21.5. The fourth-order valence-corrected chi connectivity index (χ4v) is 9.85. The summed E-state index contributed by atoms with van der Waals surface area (Å²) in [5, 5.41) is 8.36. The third-order valence-corrected chi connectivity index (χ3v) is 14.5. The van der Waals surface area contributed by atoms with Crippen molar-refractivity contribution in [2.24, 2.45) is 0 Å². The van der Waals surface area contributed by atoms with Gasteiger partial charge in [0, 0.05) is 96.6 Å². The van der Waals surface area contributed by atoms with E-state index < -0.39 is 29.7 Å². The molecule has 2 aliphatic heterocycles. The first-order valence-electron chi connectivity index (χ1n) is 29.4. The lowest BCUT2D eigenvalue weighted by Crippen LogP contribution is -2.28. The highest BCUT2D eigenvalue weighted by molar-refractivity contribution is 6.32. The number of H-pyrrole nitrogens is 2. The van der Waals surface area contributed by atoms with Crippen molar-refractivity contribution in [3.8, 4) is 44.5 Å². The Labute approximate surface area is 529 Å². The summed E-state index contributed by atoms with van der Waals surface area (Å²) in [5.41, 5.74) is 12.3. The third-order valence-electron chi connectivity index (χ3n) is 14.5. The molecule has 0 fully saturated rings. The number of carbonyl (C=O) groups is 9. The summed E-state index contributed by atoms with van der Waals surface area (Å²) in [5.74, 6) is -4.74. The van der Waals surface area contributed by atoms with Crippen LogP contribution < -0.4 is 16.0 Å². The number of ether oxygens (including phenoxy) is 4. The highest BCUT2D eigenvalue weighted by atomic mass is 16.5. The Balaban J connectivity index is 1.21. The van der Waals surface area contributed by atoms with E-state index in [0.29, 0.717) is 112 Å². The lowest BCUT2D eigenvalue weighted by Gasteiger charge is -2.09. The first kappa shape index (κ1) is 64.8. The van der Waals surface area contributed by atoms with Crippen LogP contribution in [0.4, 0.5) is 0 Å². The molecule has 0 unspecified atom stereocenters. The van der Waals surface area contributed by atoms with E-state index in [1.807, 2.05) is 97.1 Å². The molecule has 0 saturated carbocycles. The van der Waals surface area contributed by atoms with Crippen LogP contribution in [-0.2, 0) is 42.9 Å². The Morgan fingerprint density at radius 2 is 0.641 bits per heavy atom. The van der Waals surface area contributed by atoms with E-state index >= 15 is 0 Å². The van der Waals surface area contributed by atoms with E-state index in [1.54, 1.807) is 48.5 Å². The average Bonchev–Trinajstić information content (AvgIpc) is 1.66. The molecule has 8 bridgehead atoms. The van der Waals surface area contributed by atoms with Crippen LogP contribution in [0.1, 0.15) is 105 Å². The first-order chi connectivity index (χ1) is 44.2. The number of nitrogens with one attached hydrogen (secondary N) is 5. The molecule has 5 heterocycles. The average molecular weight is 1240 g/mol. The molecule has 3 aromatic heterocycles. The number of aromatic amines is 2. The van der Waals surface area contributed by atoms with Gasteiger partial charge in [-0.1, -0.05) is 80.4 Å². The predicted octanol–water partition coefficient (Wildman–Crippen LogP) is 11.0. The molecule has 466 valence electrons. The van der Waals surface area contributed by atoms with Crippen molar-refractivity contribution in [3.05, 3.63) is 203 Å². The Hall–Kier alpha value is -11.7. The van der Waals surface area contributed by atoms with Crippen LogP contribution in [0.2, 0.25) is 0 Å². The monoisotopic (exact) mass is 1240 g/mol. The van der Waals surface area contributed by atoms with Gasteiger partial charge in [0.25, 0.3) is 17.7 Å². The molecule has 92 heavy (non-hydrogen) atoms. The Morgan fingerprint density at radius 3 is 0.913 bits per heavy atom. The van der Waals surface area contributed by atoms with Gasteiger partial charge < -0.3 is 44.9 Å². The molecule has 0 saturated heterocycles. The number of hydrogen-bond donors (Lipinski definition) is 5. The van der Waals surface area contributed by atoms with Crippen LogP contribution in [0.5, 0.6) is 0 Å². The molecular formula is C72H65N7O13. The van der Waals surface area contributed by atoms with E-state index in [1.165, 1.54) is 20.8 Å². The van der Waals surface area contributed by atoms with Crippen LogP contribution in [0.15, 0.2) is 158 Å². The Bertz CT molecular complexity index is 3830. The standard InChI is InChI=1S/C72H65N7O13/c1-41(2)69(85)90-38-34-73-66(82)50-20-14-47(15-21-50)63-55-28-26-53(76-55)62(46-12-10-45(11-13-46)61(81)9-8-37-89-72(88)44(7)80)54-27-29-56(77-54)64(48-16-22-51(23-17-48)67(83)74-35-39-91-70(86)42(3)4)58-31-33-60(79-58)65(59-32-30-57(63)78-59)49-18-24-52(25-19-49)68(84)75-36-40-92-71(87)43(5)6/h10-33,76,79H,1,3,5,8-9,34-40H2,2,4,6-7H3,(H,73,82)(H,74,83)(H,75,84). The van der Waals surface area contributed by atoms with Gasteiger partial charge >= 0.3 is 23.9 Å². The molecule has 0 aliphatic carbocycles. The summed E-state index contributed by atoms with van der Waals surface area (Å²) in [6, 6.07) is 35.8. The molecule has 5 N–H and O–H groups in total. The molecular weight excluding hydrogens is 1170 g/mol. The van der Waals surface area contributed by atoms with Crippen molar-refractivity contribution >= 4 is 99.5 Å². The van der Waals surface area contributed by atoms with Gasteiger partial charge in [-0.3, -0.25) is 24.0 Å². The van der Waals surface area contributed by atoms with Gasteiger partial charge in [-0.15, -0.1) is 0 Å². The molecule has 20 nitrogen and oxygen atoms in total. The number of aromatic nitrogens is 4. The van der Waals surface area contributed by atoms with E-state index in [9.17, 15) is 43.2 Å². The van der Waals surface area contributed by atoms with Crippen molar-refractivity contribution in [3.63, 3.8) is 0 Å². The van der Waals surface area contributed by atoms with E-state index in [4.69, 9.17) is 28.9 Å². The maximum absolute atomic E-state index is 13.5. The molecule has 7 aromatic rings. The smallest absolute Gasteiger partial charge is 0.374 e. The summed E-state index contributed by atoms with van der Waals surface area (Å²) in [6.07, 6.45) is 7.85. The highest BCUT2D eigenvalue weighted by Crippen LogP contribution is 2.39. The zero-order valence-electron chi connectivity index (χ0n) is 51.0. The predicted molar refractivity (Wildman–Crippen MR) is 350 cm³/mol. The summed E-state index contributed by atoms with van der Waals surface area (Å²) < 4.78 is 20.5. The largest absolute Gasteiger partial charge is 0.460 e. The normalized spacial score (nSPS) is 11.2. The zero-order chi connectivity index (χ0) is 65.6. The van der Waals surface area contributed by atoms with Gasteiger partial charge in [0.05, 0.1) is 49.0 Å². The fraction of sp³-hybridized carbons (Fsp3) is 0.181. The quantitative estimate of drug-likeness (QED) is 0.00888. The summed E-state index contributed by atoms with van der Waals surface area (Å²) in [7, 11) is 0. The zero-order valence-corrected chi connectivity index (χ0v) is 51.0. The number of amides is 3. The molecule has 2 aliphatic rings. The molecule has 0 atom stereocenters. The molecule has 4 aromatic carbocycles. The van der Waals surface area contributed by atoms with Crippen molar-refractivity contribution in [1.29, 1.82) is 0 Å². The minimum Gasteiger partial charge on any atom is -0.460 e. The Kier molecular flexibility index (Phi) is 20.8. The molecule has 0 spiro atoms. The van der Waals surface area contributed by atoms with E-state index in [0.717, 1.165) is 6.92 Å². The van der Waals surface area contributed by atoms with Crippen LogP contribution in [0.25, 0.3) is 90.9 Å². The number of rotatable bonds is 25. The minimum atomic E-state index is -0.963. The summed E-state index contributed by atoms with van der Waals surface area (Å²) in [4.78, 5) is 131. The fourth-order valence-electron chi connectivity index (χ4n) is 9.85. The Morgan fingerprint density at radius 1 is 0.370 bits per heavy atom. The summed E-state index contributed by atoms with van der Waals surface area (Å²) in [6.45, 7) is 16.5. The number of ketones is 2. The SMILES string of the molecule is C=C(C)C(=O)OCCNC(=O)c1ccc(-c2c3nc(c(-c4ccc(C(=O)NCCOC(=O)C(=C)C)cc4)c4ccc([nH]4)c(-c4ccc(C(=O)NCCOC(=O)C(=C)C)cc4)c4nc(c(-c5ccc(C(=O)CCCOC(=O)C(C)=O)cc5)c5ccc2[nH]5)C=C4)C=C3)cc1. The van der Waals surface area contributed by atoms with E-state index in [2.05, 4.69) is 45.7 Å². The number of Topliss-reactive ketones (excluding diaryl/α,β-unsaturated/α-hetero) is 2. The van der Waals surface area contributed by atoms with Gasteiger partial charge in [-0.05, 0) is 134 Å². The molecule has 0 radical (unpaired) electrons. The lowest BCUT2D eigenvalue weighted by atomic mass is 9.99. The number of benzene rings is 4. The molecule has 3 amide bonds. The molecule has 9 rings (SSSR count). The number of nitrogens with zero attached hydrogens (tertiary/aromatic N) is 2. The van der Waals surface area contributed by atoms with Crippen molar-refractivity contribution in [1.82, 2.24) is 35.9 Å². The molecule has 20 heteroatoms. The number of fused-ring (bicyclic) bond motifs is 8. The van der Waals surface area contributed by atoms with Crippen LogP contribution in [0.3, 0.4) is 0 Å².